The van der Waals surface area contributed by atoms with Crippen molar-refractivity contribution >= 4 is 38.4 Å². The van der Waals surface area contributed by atoms with E-state index < -0.39 is 5.97 Å². The Bertz CT molecular complexity index is 586. The number of esters is 1. The van der Waals surface area contributed by atoms with Crippen LogP contribution in [0.5, 0.6) is 0 Å². The van der Waals surface area contributed by atoms with Crippen molar-refractivity contribution in [1.29, 1.82) is 0 Å². The highest BCUT2D eigenvalue weighted by atomic mass is 79.9. The second-order valence-corrected chi connectivity index (χ2v) is 5.65. The lowest BCUT2D eigenvalue weighted by Gasteiger charge is -2.16. The third kappa shape index (κ3) is 3.33. The van der Waals surface area contributed by atoms with Gasteiger partial charge in [-0.25, -0.2) is 9.78 Å². The highest BCUT2D eigenvalue weighted by Gasteiger charge is 2.13. The minimum atomic E-state index is -0.406. The standard InChI is InChI=1S/C13H13BrN2O2S/c1-16(7-9-5-3-4-6-10(9)14)13-15-11(8-19-13)12(17)18-2/h3-6,8H,7H2,1-2H3. The molecule has 100 valence electrons. The highest BCUT2D eigenvalue weighted by molar-refractivity contribution is 9.10. The number of aromatic nitrogens is 1. The number of methoxy groups -OCH3 is 1. The minimum Gasteiger partial charge on any atom is -0.464 e. The van der Waals surface area contributed by atoms with Gasteiger partial charge in [-0.2, -0.15) is 0 Å². The molecule has 0 aliphatic rings. The van der Waals surface area contributed by atoms with E-state index >= 15 is 0 Å². The van der Waals surface area contributed by atoms with E-state index in [0.717, 1.165) is 16.1 Å². The van der Waals surface area contributed by atoms with Crippen molar-refractivity contribution in [2.75, 3.05) is 19.1 Å². The number of carbonyl (C=O) groups excluding carboxylic acids is 1. The molecule has 6 heteroatoms. The first kappa shape index (κ1) is 14.0. The molecule has 0 amide bonds. The van der Waals surface area contributed by atoms with E-state index in [2.05, 4.69) is 31.7 Å². The van der Waals surface area contributed by atoms with E-state index in [0.29, 0.717) is 5.69 Å². The van der Waals surface area contributed by atoms with E-state index in [-0.39, 0.29) is 0 Å². The van der Waals surface area contributed by atoms with Crippen LogP contribution >= 0.6 is 27.3 Å². The Hall–Kier alpha value is -1.40. The number of hydrogen-bond acceptors (Lipinski definition) is 5. The van der Waals surface area contributed by atoms with Gasteiger partial charge in [0.05, 0.1) is 7.11 Å². The van der Waals surface area contributed by atoms with Gasteiger partial charge in [-0.1, -0.05) is 34.1 Å². The molecule has 0 bridgehead atoms. The maximum atomic E-state index is 11.4. The normalized spacial score (nSPS) is 10.3. The number of ether oxygens (including phenoxy) is 1. The van der Waals surface area contributed by atoms with Crippen molar-refractivity contribution < 1.29 is 9.53 Å². The summed E-state index contributed by atoms with van der Waals surface area (Å²) in [5, 5.41) is 2.49. The molecule has 4 nitrogen and oxygen atoms in total. The fourth-order valence-corrected chi connectivity index (χ4v) is 2.76. The second kappa shape index (κ2) is 6.16. The Kier molecular flexibility index (Phi) is 4.55. The molecule has 0 saturated heterocycles. The number of anilines is 1. The fourth-order valence-electron chi connectivity index (χ4n) is 1.59. The monoisotopic (exact) mass is 340 g/mol. The smallest absolute Gasteiger partial charge is 0.357 e. The third-order valence-corrected chi connectivity index (χ3v) is 4.31. The van der Waals surface area contributed by atoms with Gasteiger partial charge in [0, 0.05) is 23.4 Å². The first-order valence-electron chi connectivity index (χ1n) is 5.60. The number of nitrogens with zero attached hydrogens (tertiary/aromatic N) is 2. The quantitative estimate of drug-likeness (QED) is 0.800. The van der Waals surface area contributed by atoms with Crippen LogP contribution in [0.25, 0.3) is 0 Å². The van der Waals surface area contributed by atoms with Crippen LogP contribution in [0.15, 0.2) is 34.1 Å². The molecule has 1 aromatic heterocycles. The third-order valence-electron chi connectivity index (χ3n) is 2.58. The van der Waals surface area contributed by atoms with Crippen molar-refractivity contribution in [2.24, 2.45) is 0 Å². The van der Waals surface area contributed by atoms with Crippen molar-refractivity contribution in [3.63, 3.8) is 0 Å². The predicted octanol–water partition coefficient (Wildman–Crippen LogP) is 3.33. The van der Waals surface area contributed by atoms with E-state index in [9.17, 15) is 4.79 Å². The summed E-state index contributed by atoms with van der Waals surface area (Å²) in [6.45, 7) is 0.718. The van der Waals surface area contributed by atoms with Crippen LogP contribution in [-0.4, -0.2) is 25.1 Å². The van der Waals surface area contributed by atoms with Gasteiger partial charge in [0.15, 0.2) is 10.8 Å². The van der Waals surface area contributed by atoms with Gasteiger partial charge in [0.2, 0.25) is 0 Å². The van der Waals surface area contributed by atoms with Crippen molar-refractivity contribution in [3.8, 4) is 0 Å². The molecule has 1 heterocycles. The first-order chi connectivity index (χ1) is 9.11. The molecule has 2 aromatic rings. The molecule has 0 fully saturated rings. The van der Waals surface area contributed by atoms with Crippen LogP contribution in [0.3, 0.4) is 0 Å². The largest absolute Gasteiger partial charge is 0.464 e. The average molecular weight is 341 g/mol. The lowest BCUT2D eigenvalue weighted by atomic mass is 10.2. The van der Waals surface area contributed by atoms with Crippen LogP contribution in [-0.2, 0) is 11.3 Å². The number of benzene rings is 1. The zero-order chi connectivity index (χ0) is 13.8. The Balaban J connectivity index is 2.12. The minimum absolute atomic E-state index is 0.349. The topological polar surface area (TPSA) is 42.4 Å². The maximum absolute atomic E-state index is 11.4. The average Bonchev–Trinajstić information content (AvgIpc) is 2.90. The number of halogens is 1. The van der Waals surface area contributed by atoms with Gasteiger partial charge in [-0.05, 0) is 11.6 Å². The van der Waals surface area contributed by atoms with E-state index in [1.165, 1.54) is 24.0 Å². The molecule has 0 radical (unpaired) electrons. The van der Waals surface area contributed by atoms with Crippen molar-refractivity contribution in [3.05, 3.63) is 45.4 Å². The zero-order valence-electron chi connectivity index (χ0n) is 10.6. The van der Waals surface area contributed by atoms with Gasteiger partial charge in [0.25, 0.3) is 0 Å². The molecule has 0 atom stereocenters. The summed E-state index contributed by atoms with van der Waals surface area (Å²) < 4.78 is 5.71. The first-order valence-corrected chi connectivity index (χ1v) is 7.27. The SMILES string of the molecule is COC(=O)c1csc(N(C)Cc2ccccc2Br)n1. The van der Waals surface area contributed by atoms with E-state index in [4.69, 9.17) is 0 Å². The molecule has 0 N–H and O–H groups in total. The summed E-state index contributed by atoms with van der Waals surface area (Å²) in [6.07, 6.45) is 0. The van der Waals surface area contributed by atoms with Gasteiger partial charge >= 0.3 is 5.97 Å². The Morgan fingerprint density at radius 3 is 2.89 bits per heavy atom. The molecular weight excluding hydrogens is 328 g/mol. The molecule has 0 unspecified atom stereocenters. The van der Waals surface area contributed by atoms with Crippen molar-refractivity contribution in [2.45, 2.75) is 6.54 Å². The van der Waals surface area contributed by atoms with E-state index in [1.54, 1.807) is 5.38 Å². The van der Waals surface area contributed by atoms with Gasteiger partial charge < -0.3 is 9.64 Å². The molecule has 0 spiro atoms. The molecule has 2 rings (SSSR count). The molecular formula is C13H13BrN2O2S. The number of rotatable bonds is 4. The summed E-state index contributed by atoms with van der Waals surface area (Å²) in [7, 11) is 3.30. The summed E-state index contributed by atoms with van der Waals surface area (Å²) in [4.78, 5) is 17.6. The molecule has 0 saturated carbocycles. The highest BCUT2D eigenvalue weighted by Crippen LogP contribution is 2.24. The number of carbonyl (C=O) groups is 1. The summed E-state index contributed by atoms with van der Waals surface area (Å²) in [5.74, 6) is -0.406. The van der Waals surface area contributed by atoms with Crippen LogP contribution in [0.1, 0.15) is 16.1 Å². The summed E-state index contributed by atoms with van der Waals surface area (Å²) in [6, 6.07) is 8.03. The second-order valence-electron chi connectivity index (χ2n) is 3.95. The van der Waals surface area contributed by atoms with Crippen LogP contribution in [0.2, 0.25) is 0 Å². The predicted molar refractivity (Wildman–Crippen MR) is 79.7 cm³/mol. The Morgan fingerprint density at radius 2 is 2.21 bits per heavy atom. The Morgan fingerprint density at radius 1 is 1.47 bits per heavy atom. The lowest BCUT2D eigenvalue weighted by molar-refractivity contribution is 0.0595. The van der Waals surface area contributed by atoms with Crippen LogP contribution in [0, 0.1) is 0 Å². The number of thiazole rings is 1. The van der Waals surface area contributed by atoms with E-state index in [1.807, 2.05) is 30.1 Å². The summed E-state index contributed by atoms with van der Waals surface area (Å²) in [5.41, 5.74) is 1.52. The molecule has 19 heavy (non-hydrogen) atoms. The Labute approximate surface area is 124 Å². The lowest BCUT2D eigenvalue weighted by Crippen LogP contribution is -2.16. The van der Waals surface area contributed by atoms with Gasteiger partial charge in [0.1, 0.15) is 0 Å². The van der Waals surface area contributed by atoms with Crippen LogP contribution < -0.4 is 4.90 Å². The van der Waals surface area contributed by atoms with Crippen molar-refractivity contribution in [1.82, 2.24) is 4.98 Å². The molecule has 0 aliphatic carbocycles. The zero-order valence-corrected chi connectivity index (χ0v) is 13.0. The van der Waals surface area contributed by atoms with Crippen LogP contribution in [0.4, 0.5) is 5.13 Å². The maximum Gasteiger partial charge on any atom is 0.357 e. The molecule has 1 aromatic carbocycles. The van der Waals surface area contributed by atoms with Gasteiger partial charge in [-0.15, -0.1) is 11.3 Å². The fraction of sp³-hybridized carbons (Fsp3) is 0.231. The summed E-state index contributed by atoms with van der Waals surface area (Å²) >= 11 is 4.94. The number of hydrogen-bond donors (Lipinski definition) is 0. The molecule has 0 aliphatic heterocycles. The van der Waals surface area contributed by atoms with Gasteiger partial charge in [-0.3, -0.25) is 0 Å².